The molecule has 100 valence electrons. The molecule has 0 radical (unpaired) electrons. The number of imidazole rings is 1. The Morgan fingerprint density at radius 3 is 2.72 bits per heavy atom. The average Bonchev–Trinajstić information content (AvgIpc) is 2.74. The molecule has 0 aliphatic rings. The van der Waals surface area contributed by atoms with Crippen molar-refractivity contribution in [3.63, 3.8) is 0 Å². The molecule has 0 aromatic carbocycles. The van der Waals surface area contributed by atoms with Crippen molar-refractivity contribution in [2.45, 2.75) is 26.2 Å². The maximum atomic E-state index is 12.1. The molecule has 0 saturated carbocycles. The van der Waals surface area contributed by atoms with Gasteiger partial charge in [0.2, 0.25) is 0 Å². The van der Waals surface area contributed by atoms with Crippen molar-refractivity contribution >= 4 is 5.97 Å². The zero-order valence-corrected chi connectivity index (χ0v) is 10.4. The van der Waals surface area contributed by atoms with E-state index in [1.165, 1.54) is 13.3 Å². The van der Waals surface area contributed by atoms with E-state index in [9.17, 15) is 13.6 Å². The summed E-state index contributed by atoms with van der Waals surface area (Å²) in [5, 5.41) is 0. The van der Waals surface area contributed by atoms with E-state index in [2.05, 4.69) is 4.98 Å². The first-order valence-corrected chi connectivity index (χ1v) is 5.66. The minimum Gasteiger partial charge on any atom is -0.461 e. The molecule has 4 nitrogen and oxygen atoms in total. The highest BCUT2D eigenvalue weighted by Crippen LogP contribution is 2.13. The number of aryl methyl sites for hydroxylation is 1. The van der Waals surface area contributed by atoms with E-state index in [-0.39, 0.29) is 17.9 Å². The molecule has 1 rings (SSSR count). The molecule has 1 aromatic heterocycles. The van der Waals surface area contributed by atoms with Crippen LogP contribution in [0.15, 0.2) is 24.2 Å². The van der Waals surface area contributed by atoms with Crippen LogP contribution >= 0.6 is 0 Å². The van der Waals surface area contributed by atoms with Gasteiger partial charge < -0.3 is 9.30 Å². The van der Waals surface area contributed by atoms with Crippen LogP contribution < -0.4 is 0 Å². The van der Waals surface area contributed by atoms with Gasteiger partial charge in [0.15, 0.2) is 5.69 Å². The molecule has 1 heterocycles. The van der Waals surface area contributed by atoms with E-state index in [4.69, 9.17) is 4.74 Å². The number of esters is 1. The number of hydrogen-bond donors (Lipinski definition) is 0. The summed E-state index contributed by atoms with van der Waals surface area (Å²) in [6, 6.07) is 0. The average molecular weight is 258 g/mol. The lowest BCUT2D eigenvalue weighted by Crippen LogP contribution is -2.06. The summed E-state index contributed by atoms with van der Waals surface area (Å²) >= 11 is 0. The molecule has 0 bridgehead atoms. The summed E-state index contributed by atoms with van der Waals surface area (Å²) in [6.45, 7) is 1.62. The number of rotatable bonds is 6. The molecule has 0 aliphatic carbocycles. The Morgan fingerprint density at radius 2 is 2.17 bits per heavy atom. The molecule has 0 spiro atoms. The molecular formula is C12H16F2N2O2. The fourth-order valence-electron chi connectivity index (χ4n) is 1.34. The Bertz CT molecular complexity index is 437. The number of ether oxygens (including phenoxy) is 1. The van der Waals surface area contributed by atoms with E-state index in [0.717, 1.165) is 0 Å². The molecular weight excluding hydrogens is 242 g/mol. The summed E-state index contributed by atoms with van der Waals surface area (Å²) in [7, 11) is 1.75. The second-order valence-corrected chi connectivity index (χ2v) is 4.06. The fourth-order valence-corrected chi connectivity index (χ4v) is 1.34. The van der Waals surface area contributed by atoms with Gasteiger partial charge in [-0.2, -0.15) is 8.78 Å². The van der Waals surface area contributed by atoms with Crippen molar-refractivity contribution in [2.24, 2.45) is 7.05 Å². The summed E-state index contributed by atoms with van der Waals surface area (Å²) < 4.78 is 30.8. The molecule has 0 atom stereocenters. The molecule has 6 heteroatoms. The zero-order valence-electron chi connectivity index (χ0n) is 10.4. The number of nitrogens with zero attached hydrogens (tertiary/aromatic N) is 2. The SMILES string of the molecule is CC(CCCCOC(=O)c1cn(C)cn1)=C(F)F. The van der Waals surface area contributed by atoms with Gasteiger partial charge in [0.25, 0.3) is 6.08 Å². The van der Waals surface area contributed by atoms with Crippen LogP contribution in [-0.4, -0.2) is 22.1 Å². The fraction of sp³-hybridized carbons (Fsp3) is 0.500. The van der Waals surface area contributed by atoms with Gasteiger partial charge in [-0.3, -0.25) is 0 Å². The predicted octanol–water partition coefficient (Wildman–Crippen LogP) is 2.92. The zero-order chi connectivity index (χ0) is 13.5. The Kier molecular flexibility index (Phi) is 5.48. The standard InChI is InChI=1S/C12H16F2N2O2/c1-9(11(13)14)5-3-4-6-18-12(17)10-7-16(2)8-15-10/h7-8H,3-6H2,1-2H3. The molecule has 0 unspecified atom stereocenters. The van der Waals surface area contributed by atoms with Crippen LogP contribution in [0.3, 0.4) is 0 Å². The topological polar surface area (TPSA) is 44.1 Å². The van der Waals surface area contributed by atoms with Crippen LogP contribution in [0.2, 0.25) is 0 Å². The number of carbonyl (C=O) groups is 1. The minimum absolute atomic E-state index is 0.0889. The normalized spacial score (nSPS) is 10.2. The summed E-state index contributed by atoms with van der Waals surface area (Å²) in [5.74, 6) is -0.487. The third kappa shape index (κ3) is 4.65. The third-order valence-electron chi connectivity index (χ3n) is 2.42. The molecule has 18 heavy (non-hydrogen) atoms. The van der Waals surface area contributed by atoms with Gasteiger partial charge in [0, 0.05) is 13.2 Å². The summed E-state index contributed by atoms with van der Waals surface area (Å²) in [6.07, 6.45) is 2.90. The van der Waals surface area contributed by atoms with E-state index in [1.807, 2.05) is 0 Å². The van der Waals surface area contributed by atoms with Crippen LogP contribution in [0.5, 0.6) is 0 Å². The maximum Gasteiger partial charge on any atom is 0.358 e. The quantitative estimate of drug-likeness (QED) is 0.582. The van der Waals surface area contributed by atoms with Gasteiger partial charge in [-0.05, 0) is 31.8 Å². The Balaban J connectivity index is 2.19. The number of aromatic nitrogens is 2. The van der Waals surface area contributed by atoms with Gasteiger partial charge in [-0.25, -0.2) is 9.78 Å². The number of allylic oxidation sites excluding steroid dienone is 1. The Labute approximate surface area is 104 Å². The molecule has 1 aromatic rings. The first kappa shape index (κ1) is 14.3. The van der Waals surface area contributed by atoms with Gasteiger partial charge in [-0.15, -0.1) is 0 Å². The van der Waals surface area contributed by atoms with E-state index in [1.54, 1.807) is 17.8 Å². The van der Waals surface area contributed by atoms with Gasteiger partial charge in [0.05, 0.1) is 12.9 Å². The monoisotopic (exact) mass is 258 g/mol. The smallest absolute Gasteiger partial charge is 0.358 e. The number of carbonyl (C=O) groups excluding carboxylic acids is 1. The third-order valence-corrected chi connectivity index (χ3v) is 2.42. The molecule has 0 N–H and O–H groups in total. The van der Waals surface area contributed by atoms with Crippen molar-refractivity contribution in [1.29, 1.82) is 0 Å². The minimum atomic E-state index is -1.62. The van der Waals surface area contributed by atoms with Crippen LogP contribution in [0.25, 0.3) is 0 Å². The number of hydrogen-bond acceptors (Lipinski definition) is 3. The van der Waals surface area contributed by atoms with Crippen molar-refractivity contribution < 1.29 is 18.3 Å². The van der Waals surface area contributed by atoms with E-state index in [0.29, 0.717) is 19.3 Å². The van der Waals surface area contributed by atoms with E-state index >= 15 is 0 Å². The van der Waals surface area contributed by atoms with Gasteiger partial charge >= 0.3 is 5.97 Å². The highest BCUT2D eigenvalue weighted by atomic mass is 19.3. The lowest BCUT2D eigenvalue weighted by atomic mass is 10.1. The molecule has 0 fully saturated rings. The first-order valence-electron chi connectivity index (χ1n) is 5.66. The van der Waals surface area contributed by atoms with Crippen LogP contribution in [0.1, 0.15) is 36.7 Å². The van der Waals surface area contributed by atoms with Gasteiger partial charge in [-0.1, -0.05) is 0 Å². The van der Waals surface area contributed by atoms with Crippen molar-refractivity contribution in [3.05, 3.63) is 29.9 Å². The second-order valence-electron chi connectivity index (χ2n) is 4.06. The highest BCUT2D eigenvalue weighted by Gasteiger charge is 2.09. The van der Waals surface area contributed by atoms with Crippen LogP contribution in [0.4, 0.5) is 8.78 Å². The molecule has 0 aliphatic heterocycles. The second kappa shape index (κ2) is 6.88. The van der Waals surface area contributed by atoms with Gasteiger partial charge in [0.1, 0.15) is 0 Å². The summed E-state index contributed by atoms with van der Waals surface area (Å²) in [5.41, 5.74) is 0.342. The molecule has 0 amide bonds. The Morgan fingerprint density at radius 1 is 1.44 bits per heavy atom. The number of halogens is 2. The maximum absolute atomic E-state index is 12.1. The first-order chi connectivity index (χ1) is 8.50. The lowest BCUT2D eigenvalue weighted by molar-refractivity contribution is 0.0492. The van der Waals surface area contributed by atoms with Crippen molar-refractivity contribution in [3.8, 4) is 0 Å². The van der Waals surface area contributed by atoms with Crippen LogP contribution in [-0.2, 0) is 11.8 Å². The van der Waals surface area contributed by atoms with Crippen LogP contribution in [0, 0.1) is 0 Å². The van der Waals surface area contributed by atoms with E-state index < -0.39 is 12.0 Å². The largest absolute Gasteiger partial charge is 0.461 e. The summed E-state index contributed by atoms with van der Waals surface area (Å²) in [4.78, 5) is 15.3. The lowest BCUT2D eigenvalue weighted by Gasteiger charge is -2.03. The van der Waals surface area contributed by atoms with Crippen molar-refractivity contribution in [2.75, 3.05) is 6.61 Å². The Hall–Kier alpha value is -1.72. The highest BCUT2D eigenvalue weighted by molar-refractivity contribution is 5.86. The van der Waals surface area contributed by atoms with Crippen molar-refractivity contribution in [1.82, 2.24) is 9.55 Å². The molecule has 0 saturated heterocycles. The number of unbranched alkanes of at least 4 members (excludes halogenated alkanes) is 1. The predicted molar refractivity (Wildman–Crippen MR) is 62.3 cm³/mol.